The number of amides is 2. The van der Waals surface area contributed by atoms with Crippen LogP contribution in [0, 0.1) is 10.1 Å². The predicted molar refractivity (Wildman–Crippen MR) is 71.2 cm³/mol. The summed E-state index contributed by atoms with van der Waals surface area (Å²) in [6, 6.07) is 5.82. The molecule has 1 heterocycles. The minimum absolute atomic E-state index is 0.0389. The Hall–Kier alpha value is -2.15. The third-order valence-electron chi connectivity index (χ3n) is 3.21. The molecule has 0 spiro atoms. The third-order valence-corrected chi connectivity index (χ3v) is 3.21. The molecule has 0 bridgehead atoms. The summed E-state index contributed by atoms with van der Waals surface area (Å²) < 4.78 is 0. The van der Waals surface area contributed by atoms with E-state index in [2.05, 4.69) is 10.6 Å². The van der Waals surface area contributed by atoms with Crippen molar-refractivity contribution in [2.75, 3.05) is 25.5 Å². The standard InChI is InChI=1S/C12H16N4O3/c1-15(11-5-6-13-8-11)12(17)14-9-3-2-4-10(7-9)16(18)19/h2-4,7,11,13H,5-6,8H2,1H3,(H,14,17). The van der Waals surface area contributed by atoms with Crippen molar-refractivity contribution >= 4 is 17.4 Å². The van der Waals surface area contributed by atoms with E-state index in [0.717, 1.165) is 19.5 Å². The number of non-ortho nitro benzene ring substituents is 1. The molecule has 102 valence electrons. The number of nitrogens with one attached hydrogen (secondary N) is 2. The molecule has 2 rings (SSSR count). The zero-order chi connectivity index (χ0) is 13.8. The van der Waals surface area contributed by atoms with Crippen molar-refractivity contribution in [2.45, 2.75) is 12.5 Å². The molecule has 0 radical (unpaired) electrons. The van der Waals surface area contributed by atoms with Crippen molar-refractivity contribution in [3.63, 3.8) is 0 Å². The van der Waals surface area contributed by atoms with Crippen LogP contribution in [0.4, 0.5) is 16.2 Å². The van der Waals surface area contributed by atoms with Gasteiger partial charge >= 0.3 is 6.03 Å². The number of nitro benzene ring substituents is 1. The van der Waals surface area contributed by atoms with E-state index >= 15 is 0 Å². The summed E-state index contributed by atoms with van der Waals surface area (Å²) in [5, 5.41) is 16.5. The minimum atomic E-state index is -0.486. The molecular weight excluding hydrogens is 248 g/mol. The Morgan fingerprint density at radius 1 is 1.58 bits per heavy atom. The average molecular weight is 264 g/mol. The lowest BCUT2D eigenvalue weighted by atomic mass is 10.2. The fraction of sp³-hybridized carbons (Fsp3) is 0.417. The SMILES string of the molecule is CN(C(=O)Nc1cccc([N+](=O)[O-])c1)C1CCNC1. The Morgan fingerprint density at radius 3 is 3.00 bits per heavy atom. The van der Waals surface area contributed by atoms with Gasteiger partial charge in [-0.25, -0.2) is 4.79 Å². The lowest BCUT2D eigenvalue weighted by Gasteiger charge is -2.23. The van der Waals surface area contributed by atoms with Crippen molar-refractivity contribution in [1.82, 2.24) is 10.2 Å². The molecule has 1 aromatic carbocycles. The van der Waals surface area contributed by atoms with E-state index in [1.54, 1.807) is 24.1 Å². The van der Waals surface area contributed by atoms with Gasteiger partial charge in [-0.05, 0) is 19.0 Å². The molecule has 0 aromatic heterocycles. The van der Waals surface area contributed by atoms with Crippen molar-refractivity contribution in [3.8, 4) is 0 Å². The molecule has 0 aliphatic carbocycles. The number of carbonyl (C=O) groups excluding carboxylic acids is 1. The molecule has 1 aliphatic heterocycles. The summed E-state index contributed by atoms with van der Waals surface area (Å²) in [7, 11) is 1.73. The largest absolute Gasteiger partial charge is 0.323 e. The van der Waals surface area contributed by atoms with Gasteiger partial charge in [0.15, 0.2) is 0 Å². The number of anilines is 1. The molecule has 7 nitrogen and oxygen atoms in total. The van der Waals surface area contributed by atoms with Crippen LogP contribution in [0.1, 0.15) is 6.42 Å². The molecule has 1 aromatic rings. The van der Waals surface area contributed by atoms with E-state index in [1.165, 1.54) is 12.1 Å². The van der Waals surface area contributed by atoms with Gasteiger partial charge in [0.05, 0.1) is 4.92 Å². The maximum Gasteiger partial charge on any atom is 0.321 e. The highest BCUT2D eigenvalue weighted by molar-refractivity contribution is 5.89. The van der Waals surface area contributed by atoms with Crippen LogP contribution in [0.15, 0.2) is 24.3 Å². The molecule has 1 saturated heterocycles. The van der Waals surface area contributed by atoms with Crippen LogP contribution in [0.3, 0.4) is 0 Å². The molecule has 1 unspecified atom stereocenters. The average Bonchev–Trinajstić information content (AvgIpc) is 2.92. The Morgan fingerprint density at radius 2 is 2.37 bits per heavy atom. The first-order valence-corrected chi connectivity index (χ1v) is 6.07. The van der Waals surface area contributed by atoms with Gasteiger partial charge in [-0.1, -0.05) is 6.07 Å². The van der Waals surface area contributed by atoms with Crippen LogP contribution >= 0.6 is 0 Å². The fourth-order valence-corrected chi connectivity index (χ4v) is 2.04. The number of rotatable bonds is 3. The van der Waals surface area contributed by atoms with Gasteiger partial charge < -0.3 is 15.5 Å². The summed E-state index contributed by atoms with van der Waals surface area (Å²) in [4.78, 5) is 23.8. The number of hydrogen-bond donors (Lipinski definition) is 2. The van der Waals surface area contributed by atoms with Crippen LogP contribution in [0.2, 0.25) is 0 Å². The predicted octanol–water partition coefficient (Wildman–Crippen LogP) is 1.42. The van der Waals surface area contributed by atoms with Crippen molar-refractivity contribution < 1.29 is 9.72 Å². The summed E-state index contributed by atoms with van der Waals surface area (Å²) in [5.41, 5.74) is 0.389. The summed E-state index contributed by atoms with van der Waals surface area (Å²) in [6.45, 7) is 1.68. The number of benzene rings is 1. The second kappa shape index (κ2) is 5.66. The first-order chi connectivity index (χ1) is 9.08. The zero-order valence-electron chi connectivity index (χ0n) is 10.6. The number of likely N-dealkylation sites (N-methyl/N-ethyl adjacent to an activating group) is 1. The number of hydrogen-bond acceptors (Lipinski definition) is 4. The lowest BCUT2D eigenvalue weighted by Crippen LogP contribution is -2.40. The molecule has 2 N–H and O–H groups in total. The van der Waals surface area contributed by atoms with Crippen molar-refractivity contribution in [2.24, 2.45) is 0 Å². The third kappa shape index (κ3) is 3.19. The van der Waals surface area contributed by atoms with Gasteiger partial charge in [-0.3, -0.25) is 10.1 Å². The van der Waals surface area contributed by atoms with E-state index in [4.69, 9.17) is 0 Å². The molecule has 19 heavy (non-hydrogen) atoms. The summed E-state index contributed by atoms with van der Waals surface area (Å²) >= 11 is 0. The van der Waals surface area contributed by atoms with Crippen LogP contribution in [0.25, 0.3) is 0 Å². The normalized spacial score (nSPS) is 18.1. The summed E-state index contributed by atoms with van der Waals surface area (Å²) in [6.07, 6.45) is 0.916. The van der Waals surface area contributed by atoms with Crippen LogP contribution in [-0.2, 0) is 0 Å². The van der Waals surface area contributed by atoms with Crippen LogP contribution in [-0.4, -0.2) is 42.0 Å². The van der Waals surface area contributed by atoms with Crippen molar-refractivity contribution in [1.29, 1.82) is 0 Å². The van der Waals surface area contributed by atoms with Crippen LogP contribution in [0.5, 0.6) is 0 Å². The van der Waals surface area contributed by atoms with E-state index < -0.39 is 4.92 Å². The van der Waals surface area contributed by atoms with Crippen LogP contribution < -0.4 is 10.6 Å². The second-order valence-electron chi connectivity index (χ2n) is 4.50. The lowest BCUT2D eigenvalue weighted by molar-refractivity contribution is -0.384. The highest BCUT2D eigenvalue weighted by Gasteiger charge is 2.23. The maximum atomic E-state index is 12.0. The quantitative estimate of drug-likeness (QED) is 0.638. The minimum Gasteiger partial charge on any atom is -0.323 e. The zero-order valence-corrected chi connectivity index (χ0v) is 10.6. The van der Waals surface area contributed by atoms with Gasteiger partial charge in [0.25, 0.3) is 5.69 Å². The highest BCUT2D eigenvalue weighted by atomic mass is 16.6. The molecule has 1 atom stereocenters. The van der Waals surface area contributed by atoms with Gasteiger partial charge in [0.2, 0.25) is 0 Å². The molecule has 0 saturated carbocycles. The number of carbonyl (C=O) groups is 1. The first kappa shape index (κ1) is 13.3. The van der Waals surface area contributed by atoms with Gasteiger partial charge in [-0.15, -0.1) is 0 Å². The molecular formula is C12H16N4O3. The van der Waals surface area contributed by atoms with E-state index in [0.29, 0.717) is 5.69 Å². The Bertz CT molecular complexity index is 486. The monoisotopic (exact) mass is 264 g/mol. The topological polar surface area (TPSA) is 87.5 Å². The highest BCUT2D eigenvalue weighted by Crippen LogP contribution is 2.18. The number of nitro groups is 1. The fourth-order valence-electron chi connectivity index (χ4n) is 2.04. The van der Waals surface area contributed by atoms with E-state index in [9.17, 15) is 14.9 Å². The Balaban J connectivity index is 2.01. The number of nitrogens with zero attached hydrogens (tertiary/aromatic N) is 2. The van der Waals surface area contributed by atoms with E-state index in [1.807, 2.05) is 0 Å². The second-order valence-corrected chi connectivity index (χ2v) is 4.50. The Kier molecular flexibility index (Phi) is 3.96. The maximum absolute atomic E-state index is 12.0. The van der Waals surface area contributed by atoms with Crippen molar-refractivity contribution in [3.05, 3.63) is 34.4 Å². The van der Waals surface area contributed by atoms with E-state index in [-0.39, 0.29) is 17.8 Å². The first-order valence-electron chi connectivity index (χ1n) is 6.07. The van der Waals surface area contributed by atoms with Gasteiger partial charge in [0, 0.05) is 37.5 Å². The molecule has 2 amide bonds. The number of urea groups is 1. The molecule has 1 fully saturated rings. The Labute approximate surface area is 110 Å². The smallest absolute Gasteiger partial charge is 0.321 e. The van der Waals surface area contributed by atoms with Gasteiger partial charge in [-0.2, -0.15) is 0 Å². The molecule has 7 heteroatoms. The molecule has 1 aliphatic rings. The van der Waals surface area contributed by atoms with Gasteiger partial charge in [0.1, 0.15) is 0 Å². The summed E-state index contributed by atoms with van der Waals surface area (Å²) in [5.74, 6) is 0.